The maximum absolute atomic E-state index is 12.3. The van der Waals surface area contributed by atoms with E-state index in [4.69, 9.17) is 4.74 Å². The normalized spacial score (nSPS) is 12.5. The van der Waals surface area contributed by atoms with Gasteiger partial charge in [-0.2, -0.15) is 15.4 Å². The fourth-order valence-corrected chi connectivity index (χ4v) is 3.84. The molecule has 0 aliphatic rings. The van der Waals surface area contributed by atoms with E-state index in [1.165, 1.54) is 5.56 Å². The maximum Gasteiger partial charge on any atom is 0.407 e. The van der Waals surface area contributed by atoms with Crippen molar-refractivity contribution in [1.82, 2.24) is 25.7 Å². The molecule has 2 heterocycles. The molecular weight excluding hydrogens is 414 g/mol. The first kappa shape index (κ1) is 22.5. The average Bonchev–Trinajstić information content (AvgIpc) is 3.25. The third-order valence-corrected chi connectivity index (χ3v) is 5.32. The van der Waals surface area contributed by atoms with E-state index in [-0.39, 0.29) is 5.92 Å². The number of pyridine rings is 1. The molecule has 170 valence electrons. The number of carbonyl (C=O) groups excluding carboxylic acids is 1. The zero-order chi connectivity index (χ0) is 23.3. The summed E-state index contributed by atoms with van der Waals surface area (Å²) < 4.78 is 5.42. The first-order valence-electron chi connectivity index (χ1n) is 11.1. The lowest BCUT2D eigenvalue weighted by molar-refractivity contribution is 0.0519. The van der Waals surface area contributed by atoms with Gasteiger partial charge in [0.15, 0.2) is 0 Å². The second-order valence-electron chi connectivity index (χ2n) is 9.20. The van der Waals surface area contributed by atoms with E-state index in [0.29, 0.717) is 13.0 Å². The van der Waals surface area contributed by atoms with Crippen LogP contribution in [0.2, 0.25) is 0 Å². The zero-order valence-corrected chi connectivity index (χ0v) is 19.2. The molecule has 4 aromatic rings. The minimum Gasteiger partial charge on any atom is -0.444 e. The van der Waals surface area contributed by atoms with Gasteiger partial charge in [-0.3, -0.25) is 4.98 Å². The van der Waals surface area contributed by atoms with Crippen molar-refractivity contribution >= 4 is 16.9 Å². The van der Waals surface area contributed by atoms with Crippen molar-refractivity contribution in [3.8, 4) is 11.3 Å². The van der Waals surface area contributed by atoms with Gasteiger partial charge in [0.2, 0.25) is 0 Å². The third-order valence-electron chi connectivity index (χ3n) is 5.32. The summed E-state index contributed by atoms with van der Waals surface area (Å²) >= 11 is 0. The summed E-state index contributed by atoms with van der Waals surface area (Å²) in [4.78, 5) is 16.4. The van der Waals surface area contributed by atoms with Gasteiger partial charge in [0.25, 0.3) is 0 Å². The number of hydrogen-bond acceptors (Lipinski definition) is 5. The SMILES string of the molecule is CC(C)(C)OC(=O)NCC(Cc1ccccc1)Cc1n[nH]nc1-c1ccc2cnccc2c1. The molecule has 0 saturated heterocycles. The molecule has 2 aromatic carbocycles. The van der Waals surface area contributed by atoms with Crippen LogP contribution in [-0.4, -0.2) is 38.6 Å². The molecule has 0 aliphatic carbocycles. The highest BCUT2D eigenvalue weighted by Gasteiger charge is 2.21. The van der Waals surface area contributed by atoms with Crippen molar-refractivity contribution < 1.29 is 9.53 Å². The van der Waals surface area contributed by atoms with E-state index in [1.54, 1.807) is 6.20 Å². The van der Waals surface area contributed by atoms with Crippen LogP contribution in [0.4, 0.5) is 4.79 Å². The molecule has 7 nitrogen and oxygen atoms in total. The van der Waals surface area contributed by atoms with Crippen LogP contribution in [-0.2, 0) is 17.6 Å². The number of ether oxygens (including phenoxy) is 1. The van der Waals surface area contributed by atoms with Gasteiger partial charge in [0.1, 0.15) is 11.3 Å². The van der Waals surface area contributed by atoms with E-state index in [9.17, 15) is 4.79 Å². The van der Waals surface area contributed by atoms with E-state index in [1.807, 2.05) is 63.4 Å². The highest BCUT2D eigenvalue weighted by Crippen LogP contribution is 2.26. The van der Waals surface area contributed by atoms with Crippen LogP contribution in [0.25, 0.3) is 22.0 Å². The number of fused-ring (bicyclic) bond motifs is 1. The first-order chi connectivity index (χ1) is 15.9. The quantitative estimate of drug-likeness (QED) is 0.422. The van der Waals surface area contributed by atoms with Gasteiger partial charge in [-0.05, 0) is 62.6 Å². The number of nitrogens with one attached hydrogen (secondary N) is 2. The molecule has 0 bridgehead atoms. The Labute approximate surface area is 193 Å². The molecule has 4 rings (SSSR count). The zero-order valence-electron chi connectivity index (χ0n) is 19.2. The Hall–Kier alpha value is -3.74. The van der Waals surface area contributed by atoms with E-state index in [0.717, 1.165) is 34.1 Å². The summed E-state index contributed by atoms with van der Waals surface area (Å²) in [7, 11) is 0. The molecule has 0 saturated carbocycles. The van der Waals surface area contributed by atoms with Crippen molar-refractivity contribution in [1.29, 1.82) is 0 Å². The van der Waals surface area contributed by atoms with Gasteiger partial charge < -0.3 is 10.1 Å². The highest BCUT2D eigenvalue weighted by molar-refractivity contribution is 5.86. The molecule has 1 amide bonds. The number of amides is 1. The number of H-pyrrole nitrogens is 1. The van der Waals surface area contributed by atoms with Crippen LogP contribution in [0.15, 0.2) is 67.0 Å². The Balaban J connectivity index is 1.54. The lowest BCUT2D eigenvalue weighted by Crippen LogP contribution is -2.36. The monoisotopic (exact) mass is 443 g/mol. The molecular formula is C26H29N5O2. The molecule has 0 spiro atoms. The smallest absolute Gasteiger partial charge is 0.407 e. The van der Waals surface area contributed by atoms with Crippen molar-refractivity contribution in [2.75, 3.05) is 6.54 Å². The number of hydrogen-bond donors (Lipinski definition) is 2. The predicted octanol–water partition coefficient (Wildman–Crippen LogP) is 4.95. The summed E-state index contributed by atoms with van der Waals surface area (Å²) in [6.07, 6.45) is 4.68. The Morgan fingerprint density at radius 1 is 1.03 bits per heavy atom. The molecule has 2 aromatic heterocycles. The summed E-state index contributed by atoms with van der Waals surface area (Å²) in [6, 6.07) is 18.4. The molecule has 0 fully saturated rings. The Morgan fingerprint density at radius 3 is 2.64 bits per heavy atom. The summed E-state index contributed by atoms with van der Waals surface area (Å²) in [6.45, 7) is 6.04. The molecule has 2 N–H and O–H groups in total. The number of nitrogens with zero attached hydrogens (tertiary/aromatic N) is 3. The van der Waals surface area contributed by atoms with Crippen LogP contribution in [0, 0.1) is 5.92 Å². The number of carbonyl (C=O) groups is 1. The molecule has 7 heteroatoms. The highest BCUT2D eigenvalue weighted by atomic mass is 16.6. The third kappa shape index (κ3) is 6.16. The van der Waals surface area contributed by atoms with Gasteiger partial charge in [0, 0.05) is 29.9 Å². The lowest BCUT2D eigenvalue weighted by Gasteiger charge is -2.22. The first-order valence-corrected chi connectivity index (χ1v) is 11.1. The minimum absolute atomic E-state index is 0.119. The standard InChI is InChI=1S/C26H29N5O2/c1-26(2,3)33-25(32)28-16-19(13-18-7-5-4-6-8-18)14-23-24(30-31-29-23)21-9-10-22-17-27-12-11-20(22)15-21/h4-12,15,17,19H,13-14,16H2,1-3H3,(H,28,32)(H,29,30,31). The fourth-order valence-electron chi connectivity index (χ4n) is 3.84. The van der Waals surface area contributed by atoms with Crippen molar-refractivity contribution in [3.63, 3.8) is 0 Å². The number of benzene rings is 2. The molecule has 33 heavy (non-hydrogen) atoms. The van der Waals surface area contributed by atoms with Crippen molar-refractivity contribution in [2.45, 2.75) is 39.2 Å². The van der Waals surface area contributed by atoms with Gasteiger partial charge in [-0.1, -0.05) is 42.5 Å². The number of alkyl carbamates (subject to hydrolysis) is 1. The Bertz CT molecular complexity index is 1210. The largest absolute Gasteiger partial charge is 0.444 e. The average molecular weight is 444 g/mol. The van der Waals surface area contributed by atoms with Gasteiger partial charge >= 0.3 is 6.09 Å². The number of aromatic amines is 1. The topological polar surface area (TPSA) is 92.8 Å². The fraction of sp³-hybridized carbons (Fsp3) is 0.308. The van der Waals surface area contributed by atoms with Crippen LogP contribution in [0.1, 0.15) is 32.0 Å². The van der Waals surface area contributed by atoms with Crippen LogP contribution in [0.5, 0.6) is 0 Å². The van der Waals surface area contributed by atoms with Crippen LogP contribution < -0.4 is 5.32 Å². The molecule has 0 aliphatic heterocycles. The van der Waals surface area contributed by atoms with Crippen molar-refractivity contribution in [2.24, 2.45) is 5.92 Å². The molecule has 0 radical (unpaired) electrons. The molecule has 1 unspecified atom stereocenters. The summed E-state index contributed by atoms with van der Waals surface area (Å²) in [5.74, 6) is 0.119. The minimum atomic E-state index is -0.538. The van der Waals surface area contributed by atoms with Gasteiger partial charge in [-0.15, -0.1) is 0 Å². The Kier molecular flexibility index (Phi) is 6.68. The second kappa shape index (κ2) is 9.81. The summed E-state index contributed by atoms with van der Waals surface area (Å²) in [5, 5.41) is 16.8. The predicted molar refractivity (Wildman–Crippen MR) is 129 cm³/mol. The van der Waals surface area contributed by atoms with E-state index < -0.39 is 11.7 Å². The van der Waals surface area contributed by atoms with Gasteiger partial charge in [0.05, 0.1) is 5.69 Å². The van der Waals surface area contributed by atoms with Crippen LogP contribution in [0.3, 0.4) is 0 Å². The number of rotatable bonds is 7. The Morgan fingerprint density at radius 2 is 1.85 bits per heavy atom. The van der Waals surface area contributed by atoms with Gasteiger partial charge in [-0.25, -0.2) is 4.79 Å². The van der Waals surface area contributed by atoms with E-state index in [2.05, 4.69) is 43.9 Å². The molecule has 1 atom stereocenters. The summed E-state index contributed by atoms with van der Waals surface area (Å²) in [5.41, 5.74) is 3.36. The van der Waals surface area contributed by atoms with E-state index >= 15 is 0 Å². The maximum atomic E-state index is 12.3. The van der Waals surface area contributed by atoms with Crippen molar-refractivity contribution in [3.05, 3.63) is 78.2 Å². The lowest BCUT2D eigenvalue weighted by atomic mass is 9.93. The van der Waals surface area contributed by atoms with Crippen LogP contribution >= 0.6 is 0 Å². The number of aromatic nitrogens is 4. The second-order valence-corrected chi connectivity index (χ2v) is 9.20.